The average Bonchev–Trinajstić information content (AvgIpc) is 3.17. The molecule has 0 saturated carbocycles. The second kappa shape index (κ2) is 9.09. The van der Waals surface area contributed by atoms with Gasteiger partial charge in [-0.2, -0.15) is 0 Å². The topological polar surface area (TPSA) is 106 Å². The number of carbonyl (C=O) groups is 2. The summed E-state index contributed by atoms with van der Waals surface area (Å²) in [4.78, 5) is 24.1. The highest BCUT2D eigenvalue weighted by atomic mass is 16.7. The summed E-state index contributed by atoms with van der Waals surface area (Å²) in [6, 6.07) is 12.0. The molecule has 0 spiro atoms. The van der Waals surface area contributed by atoms with Crippen molar-refractivity contribution < 1.29 is 28.9 Å². The molecule has 1 aliphatic heterocycles. The average molecular weight is 386 g/mol. The second-order valence-corrected chi connectivity index (χ2v) is 6.06. The lowest BCUT2D eigenvalue weighted by atomic mass is 10.1. The molecule has 3 rings (SSSR count). The number of carbonyl (C=O) groups excluding carboxylic acids is 2. The van der Waals surface area contributed by atoms with Gasteiger partial charge in [-0.15, -0.1) is 0 Å². The molecule has 3 N–H and O–H groups in total. The largest absolute Gasteiger partial charge is 0.492 e. The van der Waals surface area contributed by atoms with Gasteiger partial charge in [-0.25, -0.2) is 0 Å². The molecule has 0 bridgehead atoms. The molecule has 0 radical (unpaired) electrons. The molecule has 28 heavy (non-hydrogen) atoms. The number of amides is 2. The quantitative estimate of drug-likeness (QED) is 0.629. The summed E-state index contributed by atoms with van der Waals surface area (Å²) in [5.41, 5.74) is 1.07. The SMILES string of the molecule is CCOc1ccccc1NC(=O)C(=O)NCC[C@H](O)c1ccc2c(c1)OCO2. The number of hydrogen-bond donors (Lipinski definition) is 3. The summed E-state index contributed by atoms with van der Waals surface area (Å²) in [6.07, 6.45) is -0.565. The van der Waals surface area contributed by atoms with Crippen molar-refractivity contribution in [3.63, 3.8) is 0 Å². The number of benzene rings is 2. The number of rotatable bonds is 7. The minimum Gasteiger partial charge on any atom is -0.492 e. The van der Waals surface area contributed by atoms with Gasteiger partial charge in [-0.05, 0) is 43.2 Å². The van der Waals surface area contributed by atoms with Crippen LogP contribution < -0.4 is 24.8 Å². The fourth-order valence-electron chi connectivity index (χ4n) is 2.72. The third-order valence-corrected chi connectivity index (χ3v) is 4.13. The van der Waals surface area contributed by atoms with Gasteiger partial charge in [0.1, 0.15) is 5.75 Å². The fraction of sp³-hybridized carbons (Fsp3) is 0.300. The number of fused-ring (bicyclic) bond motifs is 1. The fourth-order valence-corrected chi connectivity index (χ4v) is 2.72. The van der Waals surface area contributed by atoms with Crippen LogP contribution in [0.5, 0.6) is 17.2 Å². The molecule has 0 unspecified atom stereocenters. The van der Waals surface area contributed by atoms with E-state index in [2.05, 4.69) is 10.6 Å². The first-order valence-electron chi connectivity index (χ1n) is 8.97. The van der Waals surface area contributed by atoms with Crippen LogP contribution in [0.4, 0.5) is 5.69 Å². The van der Waals surface area contributed by atoms with Gasteiger partial charge in [0.15, 0.2) is 11.5 Å². The van der Waals surface area contributed by atoms with Crippen LogP contribution in [0, 0.1) is 0 Å². The van der Waals surface area contributed by atoms with Crippen molar-refractivity contribution in [3.05, 3.63) is 48.0 Å². The molecule has 0 aliphatic carbocycles. The molecule has 1 atom stereocenters. The number of nitrogens with one attached hydrogen (secondary N) is 2. The number of aliphatic hydroxyl groups is 1. The number of anilines is 1. The molecule has 0 aromatic heterocycles. The van der Waals surface area contributed by atoms with E-state index in [4.69, 9.17) is 14.2 Å². The van der Waals surface area contributed by atoms with Crippen LogP contribution in [0.25, 0.3) is 0 Å². The van der Waals surface area contributed by atoms with Gasteiger partial charge in [-0.3, -0.25) is 9.59 Å². The van der Waals surface area contributed by atoms with Gasteiger partial charge in [-0.1, -0.05) is 18.2 Å². The summed E-state index contributed by atoms with van der Waals surface area (Å²) in [5.74, 6) is 0.111. The number of para-hydroxylation sites is 2. The molecule has 2 aromatic carbocycles. The molecular weight excluding hydrogens is 364 g/mol. The van der Waals surface area contributed by atoms with Crippen molar-refractivity contribution in [1.29, 1.82) is 0 Å². The molecule has 0 saturated heterocycles. The van der Waals surface area contributed by atoms with Crippen LogP contribution in [0.3, 0.4) is 0 Å². The van der Waals surface area contributed by atoms with Gasteiger partial charge < -0.3 is 30.0 Å². The third-order valence-electron chi connectivity index (χ3n) is 4.13. The zero-order chi connectivity index (χ0) is 19.9. The first kappa shape index (κ1) is 19.5. The maximum Gasteiger partial charge on any atom is 0.313 e. The lowest BCUT2D eigenvalue weighted by Gasteiger charge is -2.13. The van der Waals surface area contributed by atoms with Crippen LogP contribution in [-0.2, 0) is 9.59 Å². The van der Waals surface area contributed by atoms with Crippen molar-refractivity contribution >= 4 is 17.5 Å². The molecule has 2 aromatic rings. The van der Waals surface area contributed by atoms with Crippen molar-refractivity contribution in [1.82, 2.24) is 5.32 Å². The molecular formula is C20H22N2O6. The lowest BCUT2D eigenvalue weighted by Crippen LogP contribution is -2.36. The number of aliphatic hydroxyl groups excluding tert-OH is 1. The Morgan fingerprint density at radius 3 is 2.75 bits per heavy atom. The first-order chi connectivity index (χ1) is 13.6. The standard InChI is InChI=1S/C20H22N2O6/c1-2-26-16-6-4-3-5-14(16)22-20(25)19(24)21-10-9-15(23)13-7-8-17-18(11-13)28-12-27-17/h3-8,11,15,23H,2,9-10,12H2,1H3,(H,21,24)(H,22,25)/t15-/m0/s1. The van der Waals surface area contributed by atoms with Crippen LogP contribution in [0.2, 0.25) is 0 Å². The van der Waals surface area contributed by atoms with Crippen LogP contribution in [0.1, 0.15) is 25.0 Å². The maximum atomic E-state index is 12.1. The summed E-state index contributed by atoms with van der Waals surface area (Å²) in [6.45, 7) is 2.56. The van der Waals surface area contributed by atoms with E-state index in [1.165, 1.54) is 0 Å². The second-order valence-electron chi connectivity index (χ2n) is 6.06. The van der Waals surface area contributed by atoms with E-state index < -0.39 is 17.9 Å². The highest BCUT2D eigenvalue weighted by molar-refractivity contribution is 6.39. The van der Waals surface area contributed by atoms with E-state index in [0.29, 0.717) is 35.1 Å². The Bertz CT molecular complexity index is 854. The van der Waals surface area contributed by atoms with Crippen LogP contribution >= 0.6 is 0 Å². The van der Waals surface area contributed by atoms with Gasteiger partial charge in [0.25, 0.3) is 0 Å². The molecule has 1 aliphatic rings. The summed E-state index contributed by atoms with van der Waals surface area (Å²) in [7, 11) is 0. The summed E-state index contributed by atoms with van der Waals surface area (Å²) in [5, 5.41) is 15.3. The number of hydrogen-bond acceptors (Lipinski definition) is 6. The predicted molar refractivity (Wildman–Crippen MR) is 101 cm³/mol. The predicted octanol–water partition coefficient (Wildman–Crippen LogP) is 1.99. The highest BCUT2D eigenvalue weighted by Crippen LogP contribution is 2.34. The smallest absolute Gasteiger partial charge is 0.313 e. The van der Waals surface area contributed by atoms with Gasteiger partial charge in [0.05, 0.1) is 18.4 Å². The van der Waals surface area contributed by atoms with E-state index in [9.17, 15) is 14.7 Å². The Kier molecular flexibility index (Phi) is 6.33. The van der Waals surface area contributed by atoms with E-state index in [0.717, 1.165) is 0 Å². The summed E-state index contributed by atoms with van der Waals surface area (Å²) >= 11 is 0. The van der Waals surface area contributed by atoms with Crippen LogP contribution in [0.15, 0.2) is 42.5 Å². The normalized spacial score (nSPS) is 12.9. The third kappa shape index (κ3) is 4.72. The van der Waals surface area contributed by atoms with Gasteiger partial charge in [0, 0.05) is 6.54 Å². The molecule has 0 fully saturated rings. The minimum absolute atomic E-state index is 0.134. The Labute approximate surface area is 162 Å². The minimum atomic E-state index is -0.809. The zero-order valence-electron chi connectivity index (χ0n) is 15.4. The van der Waals surface area contributed by atoms with Crippen LogP contribution in [-0.4, -0.2) is 36.9 Å². The molecule has 2 amide bonds. The Balaban J connectivity index is 1.48. The van der Waals surface area contributed by atoms with E-state index >= 15 is 0 Å². The summed E-state index contributed by atoms with van der Waals surface area (Å²) < 4.78 is 15.9. The molecule has 148 valence electrons. The van der Waals surface area contributed by atoms with Gasteiger partial charge >= 0.3 is 11.8 Å². The Morgan fingerprint density at radius 2 is 1.93 bits per heavy atom. The van der Waals surface area contributed by atoms with Crippen molar-refractivity contribution in [2.75, 3.05) is 25.3 Å². The molecule has 1 heterocycles. The Hall–Kier alpha value is -3.26. The highest BCUT2D eigenvalue weighted by Gasteiger charge is 2.18. The Morgan fingerprint density at radius 1 is 1.14 bits per heavy atom. The van der Waals surface area contributed by atoms with E-state index in [-0.39, 0.29) is 19.8 Å². The van der Waals surface area contributed by atoms with E-state index in [1.807, 2.05) is 6.92 Å². The van der Waals surface area contributed by atoms with Crippen molar-refractivity contribution in [2.24, 2.45) is 0 Å². The number of ether oxygens (including phenoxy) is 3. The van der Waals surface area contributed by atoms with Gasteiger partial charge in [0.2, 0.25) is 6.79 Å². The zero-order valence-corrected chi connectivity index (χ0v) is 15.4. The van der Waals surface area contributed by atoms with Crippen molar-refractivity contribution in [3.8, 4) is 17.2 Å². The molecule has 8 heteroatoms. The first-order valence-corrected chi connectivity index (χ1v) is 8.97. The molecule has 8 nitrogen and oxygen atoms in total. The van der Waals surface area contributed by atoms with Crippen molar-refractivity contribution in [2.45, 2.75) is 19.4 Å². The maximum absolute atomic E-state index is 12.1. The van der Waals surface area contributed by atoms with E-state index in [1.54, 1.807) is 42.5 Å². The monoisotopic (exact) mass is 386 g/mol. The lowest BCUT2D eigenvalue weighted by molar-refractivity contribution is -0.136.